The van der Waals surface area contributed by atoms with Gasteiger partial charge < -0.3 is 4.57 Å². The van der Waals surface area contributed by atoms with E-state index in [0.29, 0.717) is 23.6 Å². The van der Waals surface area contributed by atoms with Gasteiger partial charge in [0, 0.05) is 18.0 Å². The van der Waals surface area contributed by atoms with E-state index < -0.39 is 5.82 Å². The molecule has 0 amide bonds. The summed E-state index contributed by atoms with van der Waals surface area (Å²) >= 11 is 0. The van der Waals surface area contributed by atoms with Crippen LogP contribution in [0.5, 0.6) is 0 Å². The van der Waals surface area contributed by atoms with Crippen molar-refractivity contribution in [3.63, 3.8) is 0 Å². The van der Waals surface area contributed by atoms with Crippen molar-refractivity contribution in [3.8, 4) is 17.5 Å². The van der Waals surface area contributed by atoms with E-state index >= 15 is 0 Å². The van der Waals surface area contributed by atoms with E-state index in [1.165, 1.54) is 12.1 Å². The highest BCUT2D eigenvalue weighted by Gasteiger charge is 2.27. The first-order valence-electron chi connectivity index (χ1n) is 6.41. The number of hydrogen-bond donors (Lipinski definition) is 0. The van der Waals surface area contributed by atoms with Gasteiger partial charge in [-0.2, -0.15) is 5.26 Å². The zero-order valence-corrected chi connectivity index (χ0v) is 10.9. The third-order valence-corrected chi connectivity index (χ3v) is 3.69. The van der Waals surface area contributed by atoms with Gasteiger partial charge in [-0.3, -0.25) is 4.79 Å². The Bertz CT molecular complexity index is 742. The molecule has 20 heavy (non-hydrogen) atoms. The number of Topliss-reactive ketones (excluding diaryl/α,β-unsaturated/α-hetero) is 1. The smallest absolute Gasteiger partial charge is 0.183 e. The molecule has 1 atom stereocenters. The van der Waals surface area contributed by atoms with E-state index in [4.69, 9.17) is 5.26 Å². The molecule has 4 nitrogen and oxygen atoms in total. The molecule has 0 aliphatic carbocycles. The monoisotopic (exact) mass is 269 g/mol. The summed E-state index contributed by atoms with van der Waals surface area (Å²) in [5.41, 5.74) is 1.16. The van der Waals surface area contributed by atoms with Gasteiger partial charge >= 0.3 is 0 Å². The first kappa shape index (κ1) is 12.5. The molecular weight excluding hydrogens is 257 g/mol. The van der Waals surface area contributed by atoms with Crippen LogP contribution in [0.25, 0.3) is 11.4 Å². The highest BCUT2D eigenvalue weighted by atomic mass is 19.1. The second-order valence-corrected chi connectivity index (χ2v) is 4.98. The average molecular weight is 269 g/mol. The summed E-state index contributed by atoms with van der Waals surface area (Å²) in [6.07, 6.45) is 2.30. The number of imidazole rings is 1. The Labute approximate surface area is 115 Å². The van der Waals surface area contributed by atoms with Crippen LogP contribution in [-0.4, -0.2) is 15.3 Å². The van der Waals surface area contributed by atoms with Gasteiger partial charge in [0.2, 0.25) is 0 Å². The van der Waals surface area contributed by atoms with Crippen molar-refractivity contribution in [1.82, 2.24) is 9.55 Å². The van der Waals surface area contributed by atoms with Crippen molar-refractivity contribution < 1.29 is 9.18 Å². The Balaban J connectivity index is 2.09. The summed E-state index contributed by atoms with van der Waals surface area (Å²) in [5, 5.41) is 8.74. The molecule has 1 aliphatic rings. The molecule has 0 saturated carbocycles. The number of rotatable bonds is 1. The van der Waals surface area contributed by atoms with Gasteiger partial charge in [0.15, 0.2) is 5.78 Å². The highest BCUT2D eigenvalue weighted by Crippen LogP contribution is 2.27. The molecule has 0 bridgehead atoms. The second kappa shape index (κ2) is 4.57. The lowest BCUT2D eigenvalue weighted by Crippen LogP contribution is -2.24. The SMILES string of the molecule is CC1CCn2c(cnc2-c2ccc(C#N)c(F)c2)C1=O. The van der Waals surface area contributed by atoms with Crippen LogP contribution in [-0.2, 0) is 6.54 Å². The van der Waals surface area contributed by atoms with E-state index in [0.717, 1.165) is 6.42 Å². The van der Waals surface area contributed by atoms with Gasteiger partial charge in [0.05, 0.1) is 11.8 Å². The van der Waals surface area contributed by atoms with Gasteiger partial charge in [-0.05, 0) is 24.6 Å². The van der Waals surface area contributed by atoms with E-state index in [1.54, 1.807) is 18.3 Å². The summed E-state index contributed by atoms with van der Waals surface area (Å²) in [7, 11) is 0. The maximum absolute atomic E-state index is 13.7. The topological polar surface area (TPSA) is 58.7 Å². The average Bonchev–Trinajstić information content (AvgIpc) is 2.87. The number of halogens is 1. The largest absolute Gasteiger partial charge is 0.322 e. The Kier molecular flexibility index (Phi) is 2.87. The predicted molar refractivity (Wildman–Crippen MR) is 70.4 cm³/mol. The minimum absolute atomic E-state index is 0.00359. The number of aromatic nitrogens is 2. The number of ketones is 1. The van der Waals surface area contributed by atoms with Crippen LogP contribution in [0.3, 0.4) is 0 Å². The Morgan fingerprint density at radius 3 is 3.00 bits per heavy atom. The second-order valence-electron chi connectivity index (χ2n) is 4.98. The van der Waals surface area contributed by atoms with Crippen molar-refractivity contribution in [1.29, 1.82) is 5.26 Å². The fraction of sp³-hybridized carbons (Fsp3) is 0.267. The summed E-state index contributed by atoms with van der Waals surface area (Å²) in [4.78, 5) is 16.3. The molecule has 5 heteroatoms. The Morgan fingerprint density at radius 1 is 1.50 bits per heavy atom. The Morgan fingerprint density at radius 2 is 2.30 bits per heavy atom. The predicted octanol–water partition coefficient (Wildman–Crippen LogP) is 2.78. The molecule has 0 saturated heterocycles. The molecule has 0 spiro atoms. The van der Waals surface area contributed by atoms with Crippen molar-refractivity contribution in [2.45, 2.75) is 19.9 Å². The van der Waals surface area contributed by atoms with E-state index in [1.807, 2.05) is 11.5 Å². The molecule has 1 aliphatic heterocycles. The van der Waals surface area contributed by atoms with Gasteiger partial charge in [-0.25, -0.2) is 9.37 Å². The number of nitrogens with zero attached hydrogens (tertiary/aromatic N) is 3. The van der Waals surface area contributed by atoms with Crippen LogP contribution in [0.2, 0.25) is 0 Å². The normalized spacial score (nSPS) is 17.6. The lowest BCUT2D eigenvalue weighted by atomic mass is 9.97. The van der Waals surface area contributed by atoms with Crippen LogP contribution in [0.4, 0.5) is 4.39 Å². The molecule has 2 aromatic rings. The maximum Gasteiger partial charge on any atom is 0.183 e. The molecule has 0 N–H and O–H groups in total. The molecule has 1 aromatic carbocycles. The third-order valence-electron chi connectivity index (χ3n) is 3.69. The van der Waals surface area contributed by atoms with Crippen LogP contribution in [0.15, 0.2) is 24.4 Å². The molecule has 2 heterocycles. The molecule has 100 valence electrons. The fourth-order valence-electron chi connectivity index (χ4n) is 2.48. The van der Waals surface area contributed by atoms with Gasteiger partial charge in [0.1, 0.15) is 23.4 Å². The maximum atomic E-state index is 13.7. The summed E-state index contributed by atoms with van der Waals surface area (Å²) in [6, 6.07) is 6.16. The number of carbonyl (C=O) groups is 1. The minimum atomic E-state index is -0.571. The van der Waals surface area contributed by atoms with Crippen molar-refractivity contribution in [2.24, 2.45) is 5.92 Å². The van der Waals surface area contributed by atoms with Crippen LogP contribution < -0.4 is 0 Å². The van der Waals surface area contributed by atoms with E-state index in [-0.39, 0.29) is 17.3 Å². The summed E-state index contributed by atoms with van der Waals surface area (Å²) in [6.45, 7) is 2.60. The van der Waals surface area contributed by atoms with Crippen LogP contribution >= 0.6 is 0 Å². The van der Waals surface area contributed by atoms with Crippen molar-refractivity contribution >= 4 is 5.78 Å². The standard InChI is InChI=1S/C15H12FN3O/c1-9-4-5-19-13(14(9)20)8-18-15(19)10-2-3-11(7-17)12(16)6-10/h2-3,6,8-9H,4-5H2,1H3. The number of benzene rings is 1. The van der Waals surface area contributed by atoms with Gasteiger partial charge in [-0.15, -0.1) is 0 Å². The highest BCUT2D eigenvalue weighted by molar-refractivity contribution is 5.97. The molecule has 0 radical (unpaired) electrons. The van der Waals surface area contributed by atoms with Gasteiger partial charge in [0.25, 0.3) is 0 Å². The quantitative estimate of drug-likeness (QED) is 0.799. The number of fused-ring (bicyclic) bond motifs is 1. The zero-order chi connectivity index (χ0) is 14.3. The molecule has 3 rings (SSSR count). The van der Waals surface area contributed by atoms with E-state index in [2.05, 4.69) is 4.98 Å². The fourth-order valence-corrected chi connectivity index (χ4v) is 2.48. The van der Waals surface area contributed by atoms with Crippen molar-refractivity contribution in [2.75, 3.05) is 0 Å². The first-order valence-corrected chi connectivity index (χ1v) is 6.41. The number of nitriles is 1. The Hall–Kier alpha value is -2.48. The minimum Gasteiger partial charge on any atom is -0.322 e. The first-order chi connectivity index (χ1) is 9.61. The number of carbonyl (C=O) groups excluding carboxylic acids is 1. The lowest BCUT2D eigenvalue weighted by Gasteiger charge is -2.20. The van der Waals surface area contributed by atoms with E-state index in [9.17, 15) is 9.18 Å². The van der Waals surface area contributed by atoms with Crippen LogP contribution in [0, 0.1) is 23.1 Å². The van der Waals surface area contributed by atoms with Gasteiger partial charge in [-0.1, -0.05) is 6.92 Å². The third kappa shape index (κ3) is 1.81. The van der Waals surface area contributed by atoms with Crippen molar-refractivity contribution in [3.05, 3.63) is 41.5 Å². The molecule has 1 unspecified atom stereocenters. The molecular formula is C15H12FN3O. The molecule has 0 fully saturated rings. The lowest BCUT2D eigenvalue weighted by molar-refractivity contribution is 0.0891. The molecule has 1 aromatic heterocycles. The zero-order valence-electron chi connectivity index (χ0n) is 10.9. The summed E-state index contributed by atoms with van der Waals surface area (Å²) < 4.78 is 15.5. The number of hydrogen-bond acceptors (Lipinski definition) is 3. The van der Waals surface area contributed by atoms with Crippen LogP contribution in [0.1, 0.15) is 29.4 Å². The summed E-state index contributed by atoms with van der Waals surface area (Å²) in [5.74, 6) is 0.0790.